The average Bonchev–Trinajstić information content (AvgIpc) is 2.40. The lowest BCUT2D eigenvalue weighted by molar-refractivity contribution is 0.411. The Bertz CT molecular complexity index is 659. The van der Waals surface area contributed by atoms with Crippen molar-refractivity contribution in [2.45, 2.75) is 6.92 Å². The summed E-state index contributed by atoms with van der Waals surface area (Å²) in [5, 5.41) is 7.56. The molecule has 2 rings (SSSR count). The minimum Gasteiger partial charge on any atom is -0.497 e. The molecule has 3 N–H and O–H groups in total. The summed E-state index contributed by atoms with van der Waals surface area (Å²) in [5.74, 6) is 1.51. The Hall–Kier alpha value is -2.08. The number of nitrogens with zero attached hydrogens (tertiary/aromatic N) is 1. The zero-order chi connectivity index (χ0) is 14.7. The molecule has 0 fully saturated rings. The maximum Gasteiger partial charge on any atom is 0.230 e. The first-order valence-corrected chi connectivity index (χ1v) is 6.64. The van der Waals surface area contributed by atoms with Gasteiger partial charge in [0.25, 0.3) is 0 Å². The number of pyridine rings is 1. The van der Waals surface area contributed by atoms with Gasteiger partial charge in [-0.1, -0.05) is 0 Å². The van der Waals surface area contributed by atoms with Crippen LogP contribution in [-0.2, 0) is 0 Å². The molecule has 0 saturated carbocycles. The number of rotatable bonds is 4. The van der Waals surface area contributed by atoms with E-state index < -0.39 is 0 Å². The van der Waals surface area contributed by atoms with E-state index in [2.05, 4.69) is 20.9 Å². The van der Waals surface area contributed by atoms with Crippen molar-refractivity contribution >= 4 is 21.8 Å². The van der Waals surface area contributed by atoms with E-state index in [1.807, 2.05) is 6.92 Å². The smallest absolute Gasteiger partial charge is 0.230 e. The Kier molecular flexibility index (Phi) is 4.24. The Morgan fingerprint density at radius 2 is 2.05 bits per heavy atom. The van der Waals surface area contributed by atoms with Crippen LogP contribution in [0.5, 0.6) is 17.4 Å². The minimum absolute atomic E-state index is 0.0860. The average molecular weight is 336 g/mol. The Labute approximate surface area is 125 Å². The van der Waals surface area contributed by atoms with Gasteiger partial charge < -0.3 is 15.2 Å². The van der Waals surface area contributed by atoms with E-state index in [9.17, 15) is 0 Å². The summed E-state index contributed by atoms with van der Waals surface area (Å²) < 4.78 is 11.6. The lowest BCUT2D eigenvalue weighted by atomic mass is 10.2. The van der Waals surface area contributed by atoms with E-state index in [0.717, 1.165) is 10.2 Å². The summed E-state index contributed by atoms with van der Waals surface area (Å²) in [6.45, 7) is 1.85. The molecular weight excluding hydrogens is 322 g/mol. The van der Waals surface area contributed by atoms with Gasteiger partial charge in [0, 0.05) is 5.69 Å². The van der Waals surface area contributed by atoms with Crippen LogP contribution in [0.25, 0.3) is 0 Å². The topological polar surface area (TPSA) is 81.2 Å². The lowest BCUT2D eigenvalue weighted by Crippen LogP contribution is -2.13. The van der Waals surface area contributed by atoms with Crippen LogP contribution in [0.4, 0.5) is 0 Å². The van der Waals surface area contributed by atoms with E-state index in [1.165, 1.54) is 0 Å². The number of ether oxygens (including phenoxy) is 2. The summed E-state index contributed by atoms with van der Waals surface area (Å²) in [7, 11) is 1.60. The lowest BCUT2D eigenvalue weighted by Gasteiger charge is -2.12. The van der Waals surface area contributed by atoms with Crippen LogP contribution < -0.4 is 15.2 Å². The third-order valence-corrected chi connectivity index (χ3v) is 3.26. The number of benzene rings is 1. The fourth-order valence-corrected chi connectivity index (χ4v) is 2.05. The number of hydrogen-bond donors (Lipinski definition) is 2. The van der Waals surface area contributed by atoms with Crippen molar-refractivity contribution in [1.82, 2.24) is 4.98 Å². The van der Waals surface area contributed by atoms with E-state index in [-0.39, 0.29) is 5.84 Å². The van der Waals surface area contributed by atoms with Gasteiger partial charge in [-0.05, 0) is 53.2 Å². The van der Waals surface area contributed by atoms with Crippen molar-refractivity contribution < 1.29 is 9.47 Å². The number of nitrogens with two attached hydrogens (primary N) is 1. The maximum atomic E-state index is 7.56. The van der Waals surface area contributed by atoms with Gasteiger partial charge in [-0.25, -0.2) is 4.98 Å². The molecule has 1 aromatic carbocycles. The van der Waals surface area contributed by atoms with E-state index in [4.69, 9.17) is 20.6 Å². The van der Waals surface area contributed by atoms with E-state index in [0.29, 0.717) is 22.9 Å². The van der Waals surface area contributed by atoms with E-state index in [1.54, 1.807) is 37.4 Å². The number of amidine groups is 1. The van der Waals surface area contributed by atoms with Gasteiger partial charge in [0.15, 0.2) is 0 Å². The van der Waals surface area contributed by atoms with Gasteiger partial charge in [0.05, 0.1) is 17.1 Å². The van der Waals surface area contributed by atoms with Gasteiger partial charge in [0.1, 0.15) is 17.3 Å². The second-order valence-corrected chi connectivity index (χ2v) is 4.97. The predicted molar refractivity (Wildman–Crippen MR) is 80.8 cm³/mol. The van der Waals surface area contributed by atoms with Crippen molar-refractivity contribution in [3.05, 3.63) is 46.1 Å². The van der Waals surface area contributed by atoms with Crippen molar-refractivity contribution in [2.75, 3.05) is 7.11 Å². The molecule has 0 saturated heterocycles. The molecule has 2 aromatic rings. The van der Waals surface area contributed by atoms with Crippen LogP contribution in [0, 0.1) is 12.3 Å². The highest BCUT2D eigenvalue weighted by Crippen LogP contribution is 2.33. The number of hydrogen-bond acceptors (Lipinski definition) is 4. The van der Waals surface area contributed by atoms with Crippen LogP contribution >= 0.6 is 15.9 Å². The summed E-state index contributed by atoms with van der Waals surface area (Å²) in [6.07, 6.45) is 0. The largest absolute Gasteiger partial charge is 0.497 e. The van der Waals surface area contributed by atoms with Crippen LogP contribution in [0.15, 0.2) is 34.8 Å². The molecule has 6 heteroatoms. The first-order chi connectivity index (χ1) is 9.51. The summed E-state index contributed by atoms with van der Waals surface area (Å²) in [5.41, 5.74) is 6.78. The van der Waals surface area contributed by atoms with Gasteiger partial charge in [0.2, 0.25) is 5.88 Å². The highest BCUT2D eigenvalue weighted by atomic mass is 79.9. The standard InChI is InChI=1S/C14H14BrN3O2/c1-8-3-5-10(13(16)17)14(18-8)20-12-6-4-9(19-2)7-11(12)15/h3-7H,1-2H3,(H3,16,17). The first-order valence-electron chi connectivity index (χ1n) is 5.84. The second-order valence-electron chi connectivity index (χ2n) is 4.12. The fourth-order valence-electron chi connectivity index (χ4n) is 1.61. The highest BCUT2D eigenvalue weighted by molar-refractivity contribution is 9.10. The van der Waals surface area contributed by atoms with Crippen molar-refractivity contribution in [2.24, 2.45) is 5.73 Å². The molecular formula is C14H14BrN3O2. The molecule has 5 nitrogen and oxygen atoms in total. The molecule has 20 heavy (non-hydrogen) atoms. The molecule has 1 aromatic heterocycles. The molecule has 0 atom stereocenters. The molecule has 0 bridgehead atoms. The van der Waals surface area contributed by atoms with Crippen LogP contribution in [0.2, 0.25) is 0 Å². The first kappa shape index (κ1) is 14.3. The highest BCUT2D eigenvalue weighted by Gasteiger charge is 2.12. The summed E-state index contributed by atoms with van der Waals surface area (Å²) >= 11 is 3.41. The zero-order valence-corrected chi connectivity index (χ0v) is 12.7. The SMILES string of the molecule is COc1ccc(Oc2nc(C)ccc2C(=N)N)c(Br)c1. The second kappa shape index (κ2) is 5.92. The van der Waals surface area contributed by atoms with Crippen molar-refractivity contribution in [1.29, 1.82) is 5.41 Å². The van der Waals surface area contributed by atoms with Gasteiger partial charge in [-0.2, -0.15) is 0 Å². The molecule has 1 heterocycles. The Morgan fingerprint density at radius 3 is 2.65 bits per heavy atom. The van der Waals surface area contributed by atoms with Gasteiger partial charge in [-0.3, -0.25) is 5.41 Å². The summed E-state index contributed by atoms with van der Waals surface area (Å²) in [4.78, 5) is 4.28. The minimum atomic E-state index is -0.0860. The molecule has 0 aliphatic rings. The maximum absolute atomic E-state index is 7.56. The number of halogens is 1. The number of aryl methyl sites for hydroxylation is 1. The van der Waals surface area contributed by atoms with Crippen molar-refractivity contribution in [3.63, 3.8) is 0 Å². The number of aromatic nitrogens is 1. The van der Waals surface area contributed by atoms with Gasteiger partial charge in [-0.15, -0.1) is 0 Å². The Morgan fingerprint density at radius 1 is 1.30 bits per heavy atom. The monoisotopic (exact) mass is 335 g/mol. The predicted octanol–water partition coefficient (Wildman–Crippen LogP) is 3.24. The van der Waals surface area contributed by atoms with Gasteiger partial charge >= 0.3 is 0 Å². The Balaban J connectivity index is 2.39. The third kappa shape index (κ3) is 3.08. The molecule has 0 aliphatic heterocycles. The van der Waals surface area contributed by atoms with Crippen LogP contribution in [-0.4, -0.2) is 17.9 Å². The quantitative estimate of drug-likeness (QED) is 0.663. The van der Waals surface area contributed by atoms with E-state index >= 15 is 0 Å². The third-order valence-electron chi connectivity index (χ3n) is 2.64. The molecule has 0 spiro atoms. The molecule has 0 unspecified atom stereocenters. The van der Waals surface area contributed by atoms with Crippen LogP contribution in [0.1, 0.15) is 11.3 Å². The fraction of sp³-hybridized carbons (Fsp3) is 0.143. The van der Waals surface area contributed by atoms with Crippen LogP contribution in [0.3, 0.4) is 0 Å². The molecule has 0 radical (unpaired) electrons. The number of methoxy groups -OCH3 is 1. The zero-order valence-electron chi connectivity index (χ0n) is 11.1. The number of nitrogen functional groups attached to an aromatic ring is 1. The molecule has 0 amide bonds. The molecule has 104 valence electrons. The van der Waals surface area contributed by atoms with Crippen molar-refractivity contribution in [3.8, 4) is 17.4 Å². The molecule has 0 aliphatic carbocycles. The normalized spacial score (nSPS) is 10.2. The summed E-state index contributed by atoms with van der Waals surface area (Å²) in [6, 6.07) is 8.84. The number of nitrogens with one attached hydrogen (secondary N) is 1.